The van der Waals surface area contributed by atoms with Gasteiger partial charge in [-0.2, -0.15) is 0 Å². The van der Waals surface area contributed by atoms with E-state index in [1.54, 1.807) is 0 Å². The third kappa shape index (κ3) is 3.47. The first-order valence-electron chi connectivity index (χ1n) is 6.26. The first-order valence-corrected chi connectivity index (χ1v) is 7.14. The molecule has 3 nitrogen and oxygen atoms in total. The number of rotatable bonds is 3. The average Bonchev–Trinajstić information content (AvgIpc) is 2.87. The van der Waals surface area contributed by atoms with E-state index >= 15 is 0 Å². The molecular weight excluding hydrogens is 270 g/mol. The smallest absolute Gasteiger partial charge is 0.266 e. The van der Waals surface area contributed by atoms with Crippen LogP contribution in [0, 0.1) is 18.8 Å². The van der Waals surface area contributed by atoms with Gasteiger partial charge in [-0.05, 0) is 36.1 Å². The molecule has 1 heterocycles. The Balaban J connectivity index is 2.20. The average molecular weight is 285 g/mol. The summed E-state index contributed by atoms with van der Waals surface area (Å²) >= 11 is 1.42. The largest absolute Gasteiger partial charge is 0.395 e. The number of aliphatic hydroxyl groups excluding tert-OH is 1. The molecule has 0 aliphatic carbocycles. The minimum absolute atomic E-state index is 0.0376. The van der Waals surface area contributed by atoms with Gasteiger partial charge in [0.25, 0.3) is 5.91 Å². The SMILES string of the molecule is Cc1ccsc1C(=O)Nc1ccccc1C#CCCO. The van der Waals surface area contributed by atoms with Crippen LogP contribution in [-0.4, -0.2) is 17.6 Å². The summed E-state index contributed by atoms with van der Waals surface area (Å²) in [6.45, 7) is 1.95. The van der Waals surface area contributed by atoms with Gasteiger partial charge in [0.15, 0.2) is 0 Å². The summed E-state index contributed by atoms with van der Waals surface area (Å²) in [5.41, 5.74) is 2.41. The predicted octanol–water partition coefficient (Wildman–Crippen LogP) is 3.04. The zero-order valence-electron chi connectivity index (χ0n) is 11.1. The van der Waals surface area contributed by atoms with Crippen LogP contribution >= 0.6 is 11.3 Å². The number of hydrogen-bond acceptors (Lipinski definition) is 3. The van der Waals surface area contributed by atoms with Crippen molar-refractivity contribution in [3.8, 4) is 11.8 Å². The molecule has 0 bridgehead atoms. The van der Waals surface area contributed by atoms with E-state index in [0.29, 0.717) is 17.0 Å². The molecule has 0 saturated heterocycles. The number of aryl methyl sites for hydroxylation is 1. The first kappa shape index (κ1) is 14.3. The highest BCUT2D eigenvalue weighted by molar-refractivity contribution is 7.12. The van der Waals surface area contributed by atoms with Crippen molar-refractivity contribution in [1.82, 2.24) is 0 Å². The molecule has 0 saturated carbocycles. The fourth-order valence-corrected chi connectivity index (χ4v) is 2.52. The molecule has 0 unspecified atom stereocenters. The summed E-state index contributed by atoms with van der Waals surface area (Å²) in [6, 6.07) is 9.32. The number of amides is 1. The minimum atomic E-state index is -0.117. The normalized spacial score (nSPS) is 9.70. The zero-order valence-corrected chi connectivity index (χ0v) is 12.0. The van der Waals surface area contributed by atoms with Crippen LogP contribution in [0.5, 0.6) is 0 Å². The van der Waals surface area contributed by atoms with Crippen molar-refractivity contribution in [1.29, 1.82) is 0 Å². The third-order valence-electron chi connectivity index (χ3n) is 2.70. The van der Waals surface area contributed by atoms with Crippen LogP contribution in [0.15, 0.2) is 35.7 Å². The van der Waals surface area contributed by atoms with Gasteiger partial charge in [0.1, 0.15) is 0 Å². The monoisotopic (exact) mass is 285 g/mol. The molecule has 0 aliphatic rings. The molecule has 102 valence electrons. The quantitative estimate of drug-likeness (QED) is 0.852. The van der Waals surface area contributed by atoms with Crippen molar-refractivity contribution >= 4 is 22.9 Å². The Morgan fingerprint density at radius 2 is 2.15 bits per heavy atom. The number of carbonyl (C=O) groups excluding carboxylic acids is 1. The van der Waals surface area contributed by atoms with Gasteiger partial charge in [-0.25, -0.2) is 0 Å². The highest BCUT2D eigenvalue weighted by Gasteiger charge is 2.11. The lowest BCUT2D eigenvalue weighted by molar-refractivity contribution is 0.103. The molecule has 0 spiro atoms. The number of benzene rings is 1. The van der Waals surface area contributed by atoms with Crippen LogP contribution in [0.1, 0.15) is 27.2 Å². The molecule has 2 N–H and O–H groups in total. The molecule has 0 aliphatic heterocycles. The lowest BCUT2D eigenvalue weighted by Gasteiger charge is -2.06. The number of thiophene rings is 1. The Kier molecular flexibility index (Phi) is 4.94. The van der Waals surface area contributed by atoms with E-state index in [4.69, 9.17) is 5.11 Å². The van der Waals surface area contributed by atoms with E-state index in [1.165, 1.54) is 11.3 Å². The van der Waals surface area contributed by atoms with E-state index < -0.39 is 0 Å². The number of carbonyl (C=O) groups is 1. The van der Waals surface area contributed by atoms with Crippen LogP contribution in [0.4, 0.5) is 5.69 Å². The Hall–Kier alpha value is -2.09. The van der Waals surface area contributed by atoms with Gasteiger partial charge in [-0.1, -0.05) is 24.0 Å². The Bertz CT molecular complexity index is 664. The zero-order chi connectivity index (χ0) is 14.4. The Morgan fingerprint density at radius 1 is 1.35 bits per heavy atom. The summed E-state index contributed by atoms with van der Waals surface area (Å²) in [5.74, 6) is 5.70. The van der Waals surface area contributed by atoms with Crippen molar-refractivity contribution in [3.05, 3.63) is 51.7 Å². The topological polar surface area (TPSA) is 49.3 Å². The van der Waals surface area contributed by atoms with E-state index in [0.717, 1.165) is 11.1 Å². The van der Waals surface area contributed by atoms with Gasteiger partial charge >= 0.3 is 0 Å². The maximum Gasteiger partial charge on any atom is 0.266 e. The van der Waals surface area contributed by atoms with Crippen molar-refractivity contribution in [2.24, 2.45) is 0 Å². The van der Waals surface area contributed by atoms with E-state index in [1.807, 2.05) is 42.6 Å². The highest BCUT2D eigenvalue weighted by atomic mass is 32.1. The molecule has 1 aromatic heterocycles. The second kappa shape index (κ2) is 6.90. The number of anilines is 1. The number of aliphatic hydroxyl groups is 1. The van der Waals surface area contributed by atoms with Gasteiger partial charge < -0.3 is 10.4 Å². The van der Waals surface area contributed by atoms with Crippen LogP contribution in [0.3, 0.4) is 0 Å². The lowest BCUT2D eigenvalue weighted by atomic mass is 10.1. The second-order valence-corrected chi connectivity index (χ2v) is 5.12. The van der Waals surface area contributed by atoms with Crippen LogP contribution in [0.2, 0.25) is 0 Å². The Morgan fingerprint density at radius 3 is 2.85 bits per heavy atom. The molecular formula is C16H15NO2S. The van der Waals surface area contributed by atoms with Gasteiger partial charge in [0.05, 0.1) is 17.2 Å². The second-order valence-electron chi connectivity index (χ2n) is 4.21. The predicted molar refractivity (Wildman–Crippen MR) is 82.0 cm³/mol. The molecule has 2 aromatic rings. The molecule has 2 rings (SSSR count). The maximum atomic E-state index is 12.2. The van der Waals surface area contributed by atoms with Crippen molar-refractivity contribution < 1.29 is 9.90 Å². The summed E-state index contributed by atoms with van der Waals surface area (Å²) in [6.07, 6.45) is 0.423. The van der Waals surface area contributed by atoms with Crippen molar-refractivity contribution in [2.45, 2.75) is 13.3 Å². The van der Waals surface area contributed by atoms with Crippen LogP contribution < -0.4 is 5.32 Å². The van der Waals surface area contributed by atoms with E-state index in [2.05, 4.69) is 17.2 Å². The van der Waals surface area contributed by atoms with Crippen LogP contribution in [0.25, 0.3) is 0 Å². The standard InChI is InChI=1S/C16H15NO2S/c1-12-9-11-20-15(12)16(19)17-14-8-3-2-6-13(14)7-4-5-10-18/h2-3,6,8-9,11,18H,5,10H2,1H3,(H,17,19). The van der Waals surface area contributed by atoms with Crippen LogP contribution in [-0.2, 0) is 0 Å². The Labute approximate surface area is 122 Å². The fraction of sp³-hybridized carbons (Fsp3) is 0.188. The first-order chi connectivity index (χ1) is 9.72. The van der Waals surface area contributed by atoms with Gasteiger partial charge in [-0.15, -0.1) is 11.3 Å². The molecule has 1 aromatic carbocycles. The van der Waals surface area contributed by atoms with Crippen molar-refractivity contribution in [3.63, 3.8) is 0 Å². The fourth-order valence-electron chi connectivity index (χ4n) is 1.70. The summed E-state index contributed by atoms with van der Waals surface area (Å²) in [4.78, 5) is 12.9. The summed E-state index contributed by atoms with van der Waals surface area (Å²) < 4.78 is 0. The summed E-state index contributed by atoms with van der Waals surface area (Å²) in [7, 11) is 0. The number of hydrogen-bond donors (Lipinski definition) is 2. The molecule has 20 heavy (non-hydrogen) atoms. The lowest BCUT2D eigenvalue weighted by Crippen LogP contribution is -2.12. The maximum absolute atomic E-state index is 12.2. The molecule has 1 amide bonds. The molecule has 4 heteroatoms. The van der Waals surface area contributed by atoms with Crippen molar-refractivity contribution in [2.75, 3.05) is 11.9 Å². The molecule has 0 radical (unpaired) electrons. The third-order valence-corrected chi connectivity index (χ3v) is 3.72. The summed E-state index contributed by atoms with van der Waals surface area (Å²) in [5, 5.41) is 13.5. The number of nitrogens with one attached hydrogen (secondary N) is 1. The van der Waals surface area contributed by atoms with Gasteiger partial charge in [0.2, 0.25) is 0 Å². The highest BCUT2D eigenvalue weighted by Crippen LogP contribution is 2.19. The van der Waals surface area contributed by atoms with E-state index in [9.17, 15) is 4.79 Å². The van der Waals surface area contributed by atoms with Gasteiger partial charge in [-0.3, -0.25) is 4.79 Å². The minimum Gasteiger partial charge on any atom is -0.395 e. The van der Waals surface area contributed by atoms with E-state index in [-0.39, 0.29) is 12.5 Å². The molecule has 0 fully saturated rings. The van der Waals surface area contributed by atoms with Gasteiger partial charge in [0, 0.05) is 12.0 Å². The number of para-hydroxylation sites is 1. The molecule has 0 atom stereocenters.